The predicted molar refractivity (Wildman–Crippen MR) is 86.9 cm³/mol. The Balaban J connectivity index is 2.01. The molecule has 1 aromatic heterocycles. The molecule has 21 heavy (non-hydrogen) atoms. The summed E-state index contributed by atoms with van der Waals surface area (Å²) in [5.41, 5.74) is 7.21. The molecule has 0 amide bonds. The van der Waals surface area contributed by atoms with E-state index in [-0.39, 0.29) is 11.3 Å². The summed E-state index contributed by atoms with van der Waals surface area (Å²) in [4.78, 5) is 4.55. The molecule has 4 nitrogen and oxygen atoms in total. The van der Waals surface area contributed by atoms with Crippen molar-refractivity contribution in [2.75, 3.05) is 6.61 Å². The lowest BCUT2D eigenvalue weighted by molar-refractivity contribution is 0.289. The lowest BCUT2D eigenvalue weighted by Gasteiger charge is -2.22. The van der Waals surface area contributed by atoms with E-state index in [1.165, 1.54) is 0 Å². The number of ether oxygens (including phenoxy) is 1. The highest BCUT2D eigenvalue weighted by atomic mass is 16.5. The van der Waals surface area contributed by atoms with Crippen LogP contribution in [0, 0.1) is 17.7 Å². The molecule has 3 N–H and O–H groups in total. The molecule has 0 unspecified atom stereocenters. The fourth-order valence-electron chi connectivity index (χ4n) is 2.16. The smallest absolute Gasteiger partial charge is 0.145 e. The summed E-state index contributed by atoms with van der Waals surface area (Å²) < 4.78 is 5.88. The van der Waals surface area contributed by atoms with E-state index in [4.69, 9.17) is 15.9 Å². The maximum Gasteiger partial charge on any atom is 0.145 e. The second kappa shape index (κ2) is 6.12. The van der Waals surface area contributed by atoms with Crippen molar-refractivity contribution in [3.8, 4) is 5.75 Å². The molecule has 2 rings (SSSR count). The van der Waals surface area contributed by atoms with Gasteiger partial charge in [0.15, 0.2) is 0 Å². The van der Waals surface area contributed by atoms with E-state index in [9.17, 15) is 0 Å². The van der Waals surface area contributed by atoms with Gasteiger partial charge < -0.3 is 10.5 Å². The molecule has 0 atom stereocenters. The van der Waals surface area contributed by atoms with Crippen LogP contribution in [0.2, 0.25) is 0 Å². The highest BCUT2D eigenvalue weighted by Crippen LogP contribution is 2.25. The zero-order valence-electron chi connectivity index (χ0n) is 12.9. The molecule has 1 heterocycles. The van der Waals surface area contributed by atoms with Crippen molar-refractivity contribution in [3.05, 3.63) is 36.0 Å². The van der Waals surface area contributed by atoms with E-state index in [2.05, 4.69) is 11.1 Å². The Morgan fingerprint density at radius 1 is 1.29 bits per heavy atom. The largest absolute Gasteiger partial charge is 0.491 e. The number of nitrogens with one attached hydrogen (secondary N) is 1. The molecule has 112 valence electrons. The topological polar surface area (TPSA) is 72.0 Å². The van der Waals surface area contributed by atoms with Gasteiger partial charge in [0.2, 0.25) is 0 Å². The zero-order valence-corrected chi connectivity index (χ0v) is 12.9. The lowest BCUT2D eigenvalue weighted by Crippen LogP contribution is -2.31. The minimum atomic E-state index is -0.267. The number of hydrogen-bond donors (Lipinski definition) is 2. The summed E-state index contributed by atoms with van der Waals surface area (Å²) in [5.74, 6) is 1.04. The monoisotopic (exact) mass is 285 g/mol. The van der Waals surface area contributed by atoms with Crippen molar-refractivity contribution >= 4 is 16.7 Å². The number of benzene rings is 1. The van der Waals surface area contributed by atoms with Crippen molar-refractivity contribution in [2.24, 2.45) is 11.1 Å². The lowest BCUT2D eigenvalue weighted by atomic mass is 9.87. The van der Waals surface area contributed by atoms with Crippen LogP contribution in [0.3, 0.4) is 0 Å². The molecule has 0 fully saturated rings. The molecule has 0 aliphatic carbocycles. The number of rotatable bonds is 6. The van der Waals surface area contributed by atoms with Crippen molar-refractivity contribution in [1.29, 1.82) is 5.41 Å². The summed E-state index contributed by atoms with van der Waals surface area (Å²) >= 11 is 0. The van der Waals surface area contributed by atoms with E-state index in [0.717, 1.165) is 35.2 Å². The Bertz CT molecular complexity index is 650. The van der Waals surface area contributed by atoms with Gasteiger partial charge in [0.05, 0.1) is 12.4 Å². The Kier molecular flexibility index (Phi) is 4.46. The maximum absolute atomic E-state index is 7.56. The fraction of sp³-hybridized carbons (Fsp3) is 0.412. The van der Waals surface area contributed by atoms with Gasteiger partial charge in [0.1, 0.15) is 11.3 Å². The standard InChI is InChI=1S/C17H23N3O/c1-12-8-9-13-6-4-7-14(15(13)20-12)21-11-5-10-17(2,3)16(18)19/h4,6-9H,5,10-11H2,1-3H3,(H3,18,19). The van der Waals surface area contributed by atoms with E-state index in [0.29, 0.717) is 6.61 Å². The third-order valence-corrected chi connectivity index (χ3v) is 3.76. The highest BCUT2D eigenvalue weighted by Gasteiger charge is 2.20. The van der Waals surface area contributed by atoms with E-state index >= 15 is 0 Å². The average Bonchev–Trinajstić information content (AvgIpc) is 2.43. The van der Waals surface area contributed by atoms with E-state index < -0.39 is 0 Å². The second-order valence-electron chi connectivity index (χ2n) is 6.03. The van der Waals surface area contributed by atoms with Crippen LogP contribution in [0.5, 0.6) is 5.75 Å². The summed E-state index contributed by atoms with van der Waals surface area (Å²) in [5, 5.41) is 8.64. The fourth-order valence-corrected chi connectivity index (χ4v) is 2.16. The summed E-state index contributed by atoms with van der Waals surface area (Å²) in [6, 6.07) is 10.0. The van der Waals surface area contributed by atoms with Crippen molar-refractivity contribution < 1.29 is 4.74 Å². The molecule has 0 radical (unpaired) electrons. The number of hydrogen-bond acceptors (Lipinski definition) is 3. The average molecular weight is 285 g/mol. The third kappa shape index (κ3) is 3.72. The van der Waals surface area contributed by atoms with E-state index in [1.54, 1.807) is 0 Å². The number of aryl methyl sites for hydroxylation is 1. The molecule has 0 aliphatic rings. The maximum atomic E-state index is 7.56. The van der Waals surface area contributed by atoms with Crippen LogP contribution in [0.15, 0.2) is 30.3 Å². The van der Waals surface area contributed by atoms with Crippen LogP contribution in [0.4, 0.5) is 0 Å². The highest BCUT2D eigenvalue weighted by molar-refractivity contribution is 5.84. The van der Waals surface area contributed by atoms with Crippen molar-refractivity contribution in [3.63, 3.8) is 0 Å². The van der Waals surface area contributed by atoms with Crippen LogP contribution in [0.1, 0.15) is 32.4 Å². The number of amidine groups is 1. The molecule has 0 saturated heterocycles. The van der Waals surface area contributed by atoms with E-state index in [1.807, 2.05) is 45.0 Å². The van der Waals surface area contributed by atoms with Crippen molar-refractivity contribution in [2.45, 2.75) is 33.6 Å². The SMILES string of the molecule is Cc1ccc2cccc(OCCCC(C)(C)C(=N)N)c2n1. The van der Waals surface area contributed by atoms with Crippen LogP contribution in [0.25, 0.3) is 10.9 Å². The van der Waals surface area contributed by atoms with Gasteiger partial charge in [-0.05, 0) is 31.9 Å². The minimum Gasteiger partial charge on any atom is -0.491 e. The number of nitrogens with zero attached hydrogens (tertiary/aromatic N) is 1. The van der Waals surface area contributed by atoms with Crippen LogP contribution in [-0.2, 0) is 0 Å². The van der Waals surface area contributed by atoms with Gasteiger partial charge in [-0.2, -0.15) is 0 Å². The number of pyridine rings is 1. The molecule has 0 saturated carbocycles. The van der Waals surface area contributed by atoms with Gasteiger partial charge in [-0.3, -0.25) is 5.41 Å². The number of para-hydroxylation sites is 1. The summed E-state index contributed by atoms with van der Waals surface area (Å²) in [6.45, 7) is 6.55. The summed E-state index contributed by atoms with van der Waals surface area (Å²) in [6.07, 6.45) is 1.69. The first-order valence-corrected chi connectivity index (χ1v) is 7.24. The zero-order chi connectivity index (χ0) is 15.5. The predicted octanol–water partition coefficient (Wildman–Crippen LogP) is 3.66. The second-order valence-corrected chi connectivity index (χ2v) is 6.03. The molecular formula is C17H23N3O. The molecule has 0 bridgehead atoms. The number of aromatic nitrogens is 1. The van der Waals surface area contributed by atoms with Gasteiger partial charge >= 0.3 is 0 Å². The summed E-state index contributed by atoms with van der Waals surface area (Å²) in [7, 11) is 0. The van der Waals surface area contributed by atoms with Gasteiger partial charge in [0, 0.05) is 16.5 Å². The molecular weight excluding hydrogens is 262 g/mol. The van der Waals surface area contributed by atoms with Gasteiger partial charge in [-0.25, -0.2) is 4.98 Å². The first-order valence-electron chi connectivity index (χ1n) is 7.24. The minimum absolute atomic E-state index is 0.227. The third-order valence-electron chi connectivity index (χ3n) is 3.76. The molecule has 4 heteroatoms. The first kappa shape index (κ1) is 15.3. The Labute approximate surface area is 125 Å². The number of fused-ring (bicyclic) bond motifs is 1. The van der Waals surface area contributed by atoms with Crippen LogP contribution < -0.4 is 10.5 Å². The van der Waals surface area contributed by atoms with Crippen LogP contribution >= 0.6 is 0 Å². The Morgan fingerprint density at radius 2 is 2.05 bits per heavy atom. The Morgan fingerprint density at radius 3 is 2.76 bits per heavy atom. The van der Waals surface area contributed by atoms with Gasteiger partial charge in [-0.15, -0.1) is 0 Å². The quantitative estimate of drug-likeness (QED) is 0.483. The molecule has 0 spiro atoms. The van der Waals surface area contributed by atoms with Crippen molar-refractivity contribution in [1.82, 2.24) is 4.98 Å². The normalized spacial score (nSPS) is 11.6. The van der Waals surface area contributed by atoms with Crippen LogP contribution in [-0.4, -0.2) is 17.4 Å². The molecule has 0 aliphatic heterocycles. The Hall–Kier alpha value is -2.10. The molecule has 1 aromatic carbocycles. The van der Waals surface area contributed by atoms with Gasteiger partial charge in [-0.1, -0.05) is 32.0 Å². The molecule has 2 aromatic rings. The number of nitrogens with two attached hydrogens (primary N) is 1. The first-order chi connectivity index (χ1) is 9.90. The van der Waals surface area contributed by atoms with Gasteiger partial charge in [0.25, 0.3) is 0 Å².